The molecule has 0 bridgehead atoms. The van der Waals surface area contributed by atoms with Gasteiger partial charge in [-0.1, -0.05) is 56.5 Å². The minimum atomic E-state index is 0.804. The van der Waals surface area contributed by atoms with Gasteiger partial charge in [0.15, 0.2) is 0 Å². The number of nitrogens with zero attached hydrogens (tertiary/aromatic N) is 1. The first kappa shape index (κ1) is 13.6. The molecule has 0 aliphatic carbocycles. The normalized spacial score (nSPS) is 18.1. The number of likely N-dealkylation sites (tertiary alicyclic amines) is 1. The molecule has 0 N–H and O–H groups in total. The van der Waals surface area contributed by atoms with Crippen LogP contribution in [0.3, 0.4) is 0 Å². The zero-order valence-corrected chi connectivity index (χ0v) is 11.8. The van der Waals surface area contributed by atoms with Gasteiger partial charge in [0.2, 0.25) is 0 Å². The molecule has 0 saturated carbocycles. The maximum Gasteiger partial charge on any atom is -0.00129 e. The van der Waals surface area contributed by atoms with Crippen molar-refractivity contribution in [1.29, 1.82) is 0 Å². The summed E-state index contributed by atoms with van der Waals surface area (Å²) in [5.74, 6) is 0.804. The molecule has 1 saturated heterocycles. The Bertz CT molecular complexity index is 312. The molecule has 18 heavy (non-hydrogen) atoms. The van der Waals surface area contributed by atoms with Crippen molar-refractivity contribution in [2.45, 2.75) is 51.4 Å². The van der Waals surface area contributed by atoms with Crippen LogP contribution in [-0.2, 0) is 0 Å². The molecule has 1 heteroatoms. The zero-order chi connectivity index (χ0) is 12.6. The Morgan fingerprint density at radius 2 is 1.72 bits per heavy atom. The quantitative estimate of drug-likeness (QED) is 0.669. The average molecular weight is 245 g/mol. The molecule has 0 aromatic heterocycles. The standard InChI is InChI=1S/C17H27N/c1-2-3-4-8-13-18-14-11-17(12-15-18)16-9-6-5-7-10-16/h5-7,9-10,17H,2-4,8,11-15H2,1H3. The molecule has 1 fully saturated rings. The van der Waals surface area contributed by atoms with Crippen molar-refractivity contribution < 1.29 is 0 Å². The van der Waals surface area contributed by atoms with Gasteiger partial charge in [-0.3, -0.25) is 0 Å². The van der Waals surface area contributed by atoms with Gasteiger partial charge in [0.25, 0.3) is 0 Å². The van der Waals surface area contributed by atoms with Gasteiger partial charge in [-0.15, -0.1) is 0 Å². The summed E-state index contributed by atoms with van der Waals surface area (Å²) in [7, 11) is 0. The molecule has 1 aromatic rings. The molecule has 0 radical (unpaired) electrons. The van der Waals surface area contributed by atoms with Gasteiger partial charge < -0.3 is 4.90 Å². The van der Waals surface area contributed by atoms with Crippen molar-refractivity contribution in [3.8, 4) is 0 Å². The van der Waals surface area contributed by atoms with Crippen LogP contribution in [-0.4, -0.2) is 24.5 Å². The first-order valence-corrected chi connectivity index (χ1v) is 7.67. The van der Waals surface area contributed by atoms with E-state index in [9.17, 15) is 0 Å². The van der Waals surface area contributed by atoms with Crippen molar-refractivity contribution in [2.24, 2.45) is 0 Å². The molecule has 0 spiro atoms. The third kappa shape index (κ3) is 4.13. The van der Waals surface area contributed by atoms with Crippen LogP contribution in [0, 0.1) is 0 Å². The third-order valence-electron chi connectivity index (χ3n) is 4.19. The van der Waals surface area contributed by atoms with E-state index in [4.69, 9.17) is 0 Å². The van der Waals surface area contributed by atoms with E-state index in [1.807, 2.05) is 0 Å². The Balaban J connectivity index is 1.68. The summed E-state index contributed by atoms with van der Waals surface area (Å²) < 4.78 is 0. The van der Waals surface area contributed by atoms with Gasteiger partial charge in [0.05, 0.1) is 0 Å². The van der Waals surface area contributed by atoms with Crippen LogP contribution < -0.4 is 0 Å². The molecule has 1 aliphatic rings. The number of unbranched alkanes of at least 4 members (excludes halogenated alkanes) is 3. The zero-order valence-electron chi connectivity index (χ0n) is 11.8. The van der Waals surface area contributed by atoms with Crippen molar-refractivity contribution in [1.82, 2.24) is 4.90 Å². The van der Waals surface area contributed by atoms with Crippen molar-refractivity contribution in [3.05, 3.63) is 35.9 Å². The highest BCUT2D eigenvalue weighted by atomic mass is 15.1. The first-order valence-electron chi connectivity index (χ1n) is 7.67. The molecule has 1 aliphatic heterocycles. The third-order valence-corrected chi connectivity index (χ3v) is 4.19. The number of rotatable bonds is 6. The van der Waals surface area contributed by atoms with Crippen molar-refractivity contribution >= 4 is 0 Å². The van der Waals surface area contributed by atoms with Gasteiger partial charge in [-0.2, -0.15) is 0 Å². The van der Waals surface area contributed by atoms with E-state index in [2.05, 4.69) is 42.2 Å². The summed E-state index contributed by atoms with van der Waals surface area (Å²) in [5.41, 5.74) is 1.54. The molecule has 0 unspecified atom stereocenters. The number of piperidine rings is 1. The highest BCUT2D eigenvalue weighted by Gasteiger charge is 2.19. The second-order valence-corrected chi connectivity index (χ2v) is 5.59. The smallest absolute Gasteiger partial charge is 0.00129 e. The first-order chi connectivity index (χ1) is 8.90. The average Bonchev–Trinajstić information content (AvgIpc) is 2.45. The van der Waals surface area contributed by atoms with Gasteiger partial charge in [-0.25, -0.2) is 0 Å². The Kier molecular flexibility index (Phi) is 5.73. The van der Waals surface area contributed by atoms with Crippen LogP contribution in [0.5, 0.6) is 0 Å². The minimum absolute atomic E-state index is 0.804. The molecule has 2 rings (SSSR count). The van der Waals surface area contributed by atoms with E-state index >= 15 is 0 Å². The van der Waals surface area contributed by atoms with E-state index in [1.165, 1.54) is 58.2 Å². The summed E-state index contributed by atoms with van der Waals surface area (Å²) in [6, 6.07) is 11.1. The van der Waals surface area contributed by atoms with Crippen molar-refractivity contribution in [2.75, 3.05) is 19.6 Å². The summed E-state index contributed by atoms with van der Waals surface area (Å²) in [5, 5.41) is 0. The predicted octanol–water partition coefficient (Wildman–Crippen LogP) is 4.45. The van der Waals surface area contributed by atoms with Crippen molar-refractivity contribution in [3.63, 3.8) is 0 Å². The van der Waals surface area contributed by atoms with E-state index in [-0.39, 0.29) is 0 Å². The topological polar surface area (TPSA) is 3.24 Å². The second kappa shape index (κ2) is 7.58. The van der Waals surface area contributed by atoms with Crippen LogP contribution in [0.1, 0.15) is 56.9 Å². The van der Waals surface area contributed by atoms with Gasteiger partial charge in [-0.05, 0) is 50.4 Å². The van der Waals surface area contributed by atoms with Crippen LogP contribution >= 0.6 is 0 Å². The molecular weight excluding hydrogens is 218 g/mol. The Labute approximate surface area is 112 Å². The monoisotopic (exact) mass is 245 g/mol. The fraction of sp³-hybridized carbons (Fsp3) is 0.647. The lowest BCUT2D eigenvalue weighted by molar-refractivity contribution is 0.208. The minimum Gasteiger partial charge on any atom is -0.303 e. The summed E-state index contributed by atoms with van der Waals surface area (Å²) in [4.78, 5) is 2.66. The molecule has 1 nitrogen and oxygen atoms in total. The maximum atomic E-state index is 2.66. The molecule has 0 amide bonds. The van der Waals surface area contributed by atoms with Gasteiger partial charge in [0.1, 0.15) is 0 Å². The molecule has 1 aromatic carbocycles. The summed E-state index contributed by atoms with van der Waals surface area (Å²) in [6.45, 7) is 6.20. The van der Waals surface area contributed by atoms with Crippen LogP contribution in [0.2, 0.25) is 0 Å². The molecule has 1 heterocycles. The summed E-state index contributed by atoms with van der Waals surface area (Å²) in [6.07, 6.45) is 8.24. The maximum absolute atomic E-state index is 2.66. The van der Waals surface area contributed by atoms with Crippen LogP contribution in [0.25, 0.3) is 0 Å². The Morgan fingerprint density at radius 1 is 1.00 bits per heavy atom. The summed E-state index contributed by atoms with van der Waals surface area (Å²) >= 11 is 0. The molecule has 100 valence electrons. The fourth-order valence-corrected chi connectivity index (χ4v) is 2.98. The lowest BCUT2D eigenvalue weighted by Crippen LogP contribution is -2.33. The predicted molar refractivity (Wildman–Crippen MR) is 79.0 cm³/mol. The molecule has 0 atom stereocenters. The highest BCUT2D eigenvalue weighted by Crippen LogP contribution is 2.27. The largest absolute Gasteiger partial charge is 0.303 e. The lowest BCUT2D eigenvalue weighted by atomic mass is 9.89. The Hall–Kier alpha value is -0.820. The van der Waals surface area contributed by atoms with E-state index in [1.54, 1.807) is 5.56 Å². The fourth-order valence-electron chi connectivity index (χ4n) is 2.98. The van der Waals surface area contributed by atoms with E-state index in [0.29, 0.717) is 0 Å². The molecular formula is C17H27N. The number of benzene rings is 1. The van der Waals surface area contributed by atoms with Crippen LogP contribution in [0.4, 0.5) is 0 Å². The van der Waals surface area contributed by atoms with E-state index in [0.717, 1.165) is 5.92 Å². The van der Waals surface area contributed by atoms with Crippen LogP contribution in [0.15, 0.2) is 30.3 Å². The SMILES string of the molecule is CCCCCCN1CCC(c2ccccc2)CC1. The lowest BCUT2D eigenvalue weighted by Gasteiger charge is -2.32. The highest BCUT2D eigenvalue weighted by molar-refractivity contribution is 5.19. The number of hydrogen-bond donors (Lipinski definition) is 0. The number of hydrogen-bond acceptors (Lipinski definition) is 1. The second-order valence-electron chi connectivity index (χ2n) is 5.59. The Morgan fingerprint density at radius 3 is 2.39 bits per heavy atom. The van der Waals surface area contributed by atoms with E-state index < -0.39 is 0 Å². The van der Waals surface area contributed by atoms with Gasteiger partial charge in [0, 0.05) is 0 Å². The van der Waals surface area contributed by atoms with Gasteiger partial charge >= 0.3 is 0 Å².